The Labute approximate surface area is 127 Å². The first-order valence-electron chi connectivity index (χ1n) is 6.54. The average Bonchev–Trinajstić information content (AvgIpc) is 2.71. The molecule has 10 heteroatoms. The normalized spacial score (nSPS) is 20.5. The lowest BCUT2D eigenvalue weighted by atomic mass is 10.0. The molecule has 2 heterocycles. The standard InChI is InChI=1S/C13H9N3O7/c17-5-3-6-10(8(4-5)16(22)23)13(21)15(12(6)20)7-1-2-9(18)14-11(7)19/h3-4,7,17H,1-2H2,(H,14,18,19). The molecule has 0 radical (unpaired) electrons. The molecular formula is C13H9N3O7. The zero-order valence-electron chi connectivity index (χ0n) is 11.4. The summed E-state index contributed by atoms with van der Waals surface area (Å²) in [5.74, 6) is -3.79. The number of phenols is 1. The maximum absolute atomic E-state index is 12.4. The Bertz CT molecular complexity index is 801. The maximum Gasteiger partial charge on any atom is 0.286 e. The van der Waals surface area contributed by atoms with E-state index in [1.54, 1.807) is 0 Å². The number of aromatic hydroxyl groups is 1. The number of phenolic OH excluding ortho intramolecular Hbond substituents is 1. The number of carbonyl (C=O) groups excluding carboxylic acids is 4. The van der Waals surface area contributed by atoms with Crippen LogP contribution >= 0.6 is 0 Å². The molecule has 2 aliphatic rings. The number of benzene rings is 1. The Hall–Kier alpha value is -3.30. The number of rotatable bonds is 2. The summed E-state index contributed by atoms with van der Waals surface area (Å²) in [5, 5.41) is 22.6. The van der Waals surface area contributed by atoms with Crippen LogP contribution in [0.25, 0.3) is 0 Å². The van der Waals surface area contributed by atoms with Crippen molar-refractivity contribution >= 4 is 29.3 Å². The summed E-state index contributed by atoms with van der Waals surface area (Å²) in [4.78, 5) is 58.6. The Kier molecular flexibility index (Phi) is 3.09. The van der Waals surface area contributed by atoms with Gasteiger partial charge in [-0.15, -0.1) is 0 Å². The van der Waals surface area contributed by atoms with Gasteiger partial charge in [-0.3, -0.25) is 39.5 Å². The zero-order valence-corrected chi connectivity index (χ0v) is 11.4. The summed E-state index contributed by atoms with van der Waals surface area (Å²) in [6.45, 7) is 0. The molecule has 0 bridgehead atoms. The van der Waals surface area contributed by atoms with E-state index in [1.807, 2.05) is 5.32 Å². The molecule has 10 nitrogen and oxygen atoms in total. The van der Waals surface area contributed by atoms with E-state index in [2.05, 4.69) is 0 Å². The monoisotopic (exact) mass is 319 g/mol. The third-order valence-corrected chi connectivity index (χ3v) is 3.70. The fourth-order valence-electron chi connectivity index (χ4n) is 2.70. The molecule has 1 fully saturated rings. The lowest BCUT2D eigenvalue weighted by Gasteiger charge is -2.27. The summed E-state index contributed by atoms with van der Waals surface area (Å²) in [6, 6.07) is 0.480. The van der Waals surface area contributed by atoms with Gasteiger partial charge in [0, 0.05) is 6.42 Å². The fraction of sp³-hybridized carbons (Fsp3) is 0.231. The predicted molar refractivity (Wildman–Crippen MR) is 71.4 cm³/mol. The van der Waals surface area contributed by atoms with E-state index in [1.165, 1.54) is 0 Å². The van der Waals surface area contributed by atoms with Gasteiger partial charge in [-0.25, -0.2) is 0 Å². The largest absolute Gasteiger partial charge is 0.508 e. The van der Waals surface area contributed by atoms with Crippen molar-refractivity contribution < 1.29 is 29.2 Å². The van der Waals surface area contributed by atoms with Gasteiger partial charge < -0.3 is 5.11 Å². The first-order valence-corrected chi connectivity index (χ1v) is 6.54. The molecule has 0 aliphatic carbocycles. The number of imide groups is 2. The lowest BCUT2D eigenvalue weighted by molar-refractivity contribution is -0.385. The molecule has 118 valence electrons. The van der Waals surface area contributed by atoms with Crippen molar-refractivity contribution in [2.75, 3.05) is 0 Å². The van der Waals surface area contributed by atoms with Gasteiger partial charge >= 0.3 is 0 Å². The number of nitro groups is 1. The predicted octanol–water partition coefficient (Wildman–Crippen LogP) is -0.298. The third kappa shape index (κ3) is 2.11. The molecular weight excluding hydrogens is 310 g/mol. The first kappa shape index (κ1) is 14.6. The van der Waals surface area contributed by atoms with E-state index >= 15 is 0 Å². The van der Waals surface area contributed by atoms with Crippen molar-refractivity contribution in [2.24, 2.45) is 0 Å². The van der Waals surface area contributed by atoms with Crippen LogP contribution in [-0.2, 0) is 9.59 Å². The topological polar surface area (TPSA) is 147 Å². The van der Waals surface area contributed by atoms with Gasteiger partial charge in [-0.05, 0) is 12.5 Å². The number of fused-ring (bicyclic) bond motifs is 1. The molecule has 1 unspecified atom stereocenters. The van der Waals surface area contributed by atoms with E-state index in [9.17, 15) is 34.4 Å². The Balaban J connectivity index is 2.08. The number of nitrogens with one attached hydrogen (secondary N) is 1. The molecule has 1 aromatic rings. The van der Waals surface area contributed by atoms with Crippen LogP contribution in [-0.4, -0.2) is 44.6 Å². The van der Waals surface area contributed by atoms with Gasteiger partial charge in [0.25, 0.3) is 17.5 Å². The third-order valence-electron chi connectivity index (χ3n) is 3.70. The first-order chi connectivity index (χ1) is 10.8. The number of nitro benzene ring substituents is 1. The van der Waals surface area contributed by atoms with Crippen molar-refractivity contribution in [1.29, 1.82) is 0 Å². The number of hydrogen-bond acceptors (Lipinski definition) is 7. The van der Waals surface area contributed by atoms with Crippen LogP contribution in [0, 0.1) is 10.1 Å². The van der Waals surface area contributed by atoms with Crippen molar-refractivity contribution in [1.82, 2.24) is 10.2 Å². The van der Waals surface area contributed by atoms with Crippen LogP contribution in [0.2, 0.25) is 0 Å². The maximum atomic E-state index is 12.4. The average molecular weight is 319 g/mol. The molecule has 1 atom stereocenters. The van der Waals surface area contributed by atoms with Gasteiger partial charge in [0.15, 0.2) is 0 Å². The van der Waals surface area contributed by atoms with Crippen molar-refractivity contribution in [3.05, 3.63) is 33.4 Å². The van der Waals surface area contributed by atoms with E-state index < -0.39 is 51.6 Å². The van der Waals surface area contributed by atoms with Gasteiger partial charge in [0.2, 0.25) is 11.8 Å². The summed E-state index contributed by atoms with van der Waals surface area (Å²) in [5.41, 5.74) is -1.53. The van der Waals surface area contributed by atoms with E-state index in [-0.39, 0.29) is 18.4 Å². The highest BCUT2D eigenvalue weighted by molar-refractivity contribution is 6.25. The highest BCUT2D eigenvalue weighted by Gasteiger charge is 2.48. The minimum absolute atomic E-state index is 0.0584. The number of nitrogens with zero attached hydrogens (tertiary/aromatic N) is 2. The highest BCUT2D eigenvalue weighted by Crippen LogP contribution is 2.36. The zero-order chi connectivity index (χ0) is 16.9. The van der Waals surface area contributed by atoms with Crippen molar-refractivity contribution in [2.45, 2.75) is 18.9 Å². The SMILES string of the molecule is O=C1CCC(N2C(=O)c3cc(O)cc([N+](=O)[O-])c3C2=O)C(=O)N1. The van der Waals surface area contributed by atoms with Gasteiger partial charge in [-0.2, -0.15) is 0 Å². The van der Waals surface area contributed by atoms with Crippen molar-refractivity contribution in [3.63, 3.8) is 0 Å². The van der Waals surface area contributed by atoms with Crippen LogP contribution in [0.1, 0.15) is 33.6 Å². The molecule has 0 aromatic heterocycles. The van der Waals surface area contributed by atoms with E-state index in [4.69, 9.17) is 0 Å². The van der Waals surface area contributed by atoms with Gasteiger partial charge in [0.05, 0.1) is 16.6 Å². The molecule has 23 heavy (non-hydrogen) atoms. The minimum Gasteiger partial charge on any atom is -0.508 e. The van der Waals surface area contributed by atoms with E-state index in [0.29, 0.717) is 4.90 Å². The number of carbonyl (C=O) groups is 4. The number of amides is 4. The Morgan fingerprint density at radius 2 is 1.91 bits per heavy atom. The summed E-state index contributed by atoms with van der Waals surface area (Å²) < 4.78 is 0. The fourth-order valence-corrected chi connectivity index (χ4v) is 2.70. The van der Waals surface area contributed by atoms with Crippen LogP contribution in [0.5, 0.6) is 5.75 Å². The van der Waals surface area contributed by atoms with E-state index in [0.717, 1.165) is 12.1 Å². The van der Waals surface area contributed by atoms with Gasteiger partial charge in [0.1, 0.15) is 17.4 Å². The lowest BCUT2D eigenvalue weighted by Crippen LogP contribution is -2.54. The Morgan fingerprint density at radius 3 is 2.52 bits per heavy atom. The smallest absolute Gasteiger partial charge is 0.286 e. The molecule has 3 rings (SSSR count). The summed E-state index contributed by atoms with van der Waals surface area (Å²) in [6.07, 6.45) is -0.118. The molecule has 1 saturated heterocycles. The second-order valence-electron chi connectivity index (χ2n) is 5.09. The number of hydrogen-bond donors (Lipinski definition) is 2. The Morgan fingerprint density at radius 1 is 1.22 bits per heavy atom. The molecule has 1 aromatic carbocycles. The van der Waals surface area contributed by atoms with Crippen molar-refractivity contribution in [3.8, 4) is 5.75 Å². The van der Waals surface area contributed by atoms with Crippen LogP contribution in [0.4, 0.5) is 5.69 Å². The number of piperidine rings is 1. The molecule has 4 amide bonds. The second kappa shape index (κ2) is 4.87. The van der Waals surface area contributed by atoms with Crippen LogP contribution in [0.15, 0.2) is 12.1 Å². The minimum atomic E-state index is -1.22. The molecule has 0 spiro atoms. The molecule has 2 N–H and O–H groups in total. The highest BCUT2D eigenvalue weighted by atomic mass is 16.6. The summed E-state index contributed by atoms with van der Waals surface area (Å²) >= 11 is 0. The summed E-state index contributed by atoms with van der Waals surface area (Å²) in [7, 11) is 0. The quantitative estimate of drug-likeness (QED) is 0.432. The molecule has 0 saturated carbocycles. The van der Waals surface area contributed by atoms with Crippen LogP contribution < -0.4 is 5.32 Å². The molecule has 2 aliphatic heterocycles. The van der Waals surface area contributed by atoms with Crippen LogP contribution in [0.3, 0.4) is 0 Å². The second-order valence-corrected chi connectivity index (χ2v) is 5.09. The van der Waals surface area contributed by atoms with Gasteiger partial charge in [-0.1, -0.05) is 0 Å².